The van der Waals surface area contributed by atoms with Crippen LogP contribution in [0, 0.1) is 0 Å². The van der Waals surface area contributed by atoms with Crippen molar-refractivity contribution >= 4 is 53.1 Å². The standard InChI is InChI=1S/C20H24BrN3OS/c1-3-24(4-2)10-9-23-16-7-5-13(12-22)20-18(16)19(25)15-11-14(21)6-8-17(15)26-20/h5-8,11,23H,3-4,9-10,12,22H2,1-2H3. The van der Waals surface area contributed by atoms with Gasteiger partial charge in [0.1, 0.15) is 0 Å². The number of hydrogen-bond acceptors (Lipinski definition) is 5. The second-order valence-corrected chi connectivity index (χ2v) is 8.17. The van der Waals surface area contributed by atoms with Gasteiger partial charge in [-0.15, -0.1) is 11.3 Å². The number of fused-ring (bicyclic) bond motifs is 2. The highest BCUT2D eigenvalue weighted by Gasteiger charge is 2.13. The summed E-state index contributed by atoms with van der Waals surface area (Å²) in [5, 5.41) is 4.97. The fourth-order valence-corrected chi connectivity index (χ4v) is 4.74. The smallest absolute Gasteiger partial charge is 0.198 e. The minimum atomic E-state index is 0.0655. The van der Waals surface area contributed by atoms with Crippen molar-refractivity contribution in [2.45, 2.75) is 20.4 Å². The lowest BCUT2D eigenvalue weighted by Gasteiger charge is -2.19. The second-order valence-electron chi connectivity index (χ2n) is 6.21. The summed E-state index contributed by atoms with van der Waals surface area (Å²) in [5.41, 5.74) is 7.91. The monoisotopic (exact) mass is 433 g/mol. The largest absolute Gasteiger partial charge is 0.383 e. The topological polar surface area (TPSA) is 58.4 Å². The maximum Gasteiger partial charge on any atom is 0.198 e. The summed E-state index contributed by atoms with van der Waals surface area (Å²) in [6.07, 6.45) is 0. The van der Waals surface area contributed by atoms with E-state index in [4.69, 9.17) is 5.73 Å². The number of nitrogens with zero attached hydrogens (tertiary/aromatic N) is 1. The highest BCUT2D eigenvalue weighted by molar-refractivity contribution is 9.10. The molecule has 0 unspecified atom stereocenters. The molecule has 26 heavy (non-hydrogen) atoms. The summed E-state index contributed by atoms with van der Waals surface area (Å²) in [5.74, 6) is 0. The molecule has 6 heteroatoms. The third kappa shape index (κ3) is 3.78. The summed E-state index contributed by atoms with van der Waals surface area (Å²) in [4.78, 5) is 15.6. The van der Waals surface area contributed by atoms with Crippen LogP contribution in [0.15, 0.2) is 39.6 Å². The Morgan fingerprint density at radius 3 is 2.65 bits per heavy atom. The number of benzene rings is 2. The second kappa shape index (κ2) is 8.48. The predicted octanol–water partition coefficient (Wildman–Crippen LogP) is 4.39. The van der Waals surface area contributed by atoms with E-state index in [2.05, 4.69) is 40.0 Å². The Bertz CT molecular complexity index is 982. The molecule has 138 valence electrons. The van der Waals surface area contributed by atoms with Gasteiger partial charge >= 0.3 is 0 Å². The average molecular weight is 434 g/mol. The maximum atomic E-state index is 13.2. The fourth-order valence-electron chi connectivity index (χ4n) is 3.18. The van der Waals surface area contributed by atoms with Crippen molar-refractivity contribution in [1.29, 1.82) is 0 Å². The molecule has 3 aromatic rings. The van der Waals surface area contributed by atoms with Gasteiger partial charge in [0.05, 0.1) is 5.39 Å². The van der Waals surface area contributed by atoms with Crippen molar-refractivity contribution in [3.05, 3.63) is 50.6 Å². The number of nitrogens with two attached hydrogens (primary N) is 1. The summed E-state index contributed by atoms with van der Waals surface area (Å²) >= 11 is 5.11. The van der Waals surface area contributed by atoms with E-state index in [1.54, 1.807) is 11.3 Å². The summed E-state index contributed by atoms with van der Waals surface area (Å²) in [6, 6.07) is 9.89. The van der Waals surface area contributed by atoms with Gasteiger partial charge in [0, 0.05) is 44.6 Å². The van der Waals surface area contributed by atoms with Crippen molar-refractivity contribution < 1.29 is 0 Å². The number of rotatable bonds is 7. The lowest BCUT2D eigenvalue weighted by molar-refractivity contribution is 0.316. The minimum Gasteiger partial charge on any atom is -0.383 e. The van der Waals surface area contributed by atoms with E-state index in [-0.39, 0.29) is 5.43 Å². The van der Waals surface area contributed by atoms with Crippen molar-refractivity contribution in [3.8, 4) is 0 Å². The van der Waals surface area contributed by atoms with Crippen LogP contribution in [0.4, 0.5) is 5.69 Å². The van der Waals surface area contributed by atoms with Crippen molar-refractivity contribution in [2.75, 3.05) is 31.5 Å². The van der Waals surface area contributed by atoms with Crippen LogP contribution in [-0.4, -0.2) is 31.1 Å². The minimum absolute atomic E-state index is 0.0655. The van der Waals surface area contributed by atoms with Crippen LogP contribution in [0.5, 0.6) is 0 Å². The maximum absolute atomic E-state index is 13.2. The zero-order valence-electron chi connectivity index (χ0n) is 15.1. The Morgan fingerprint density at radius 2 is 1.96 bits per heavy atom. The van der Waals surface area contributed by atoms with Crippen molar-refractivity contribution in [2.24, 2.45) is 5.73 Å². The van der Waals surface area contributed by atoms with Crippen LogP contribution in [0.1, 0.15) is 19.4 Å². The molecule has 1 aromatic heterocycles. The van der Waals surface area contributed by atoms with Gasteiger partial charge < -0.3 is 16.0 Å². The normalized spacial score (nSPS) is 11.6. The van der Waals surface area contributed by atoms with Crippen molar-refractivity contribution in [1.82, 2.24) is 4.90 Å². The summed E-state index contributed by atoms with van der Waals surface area (Å²) in [7, 11) is 0. The number of anilines is 1. The molecule has 4 nitrogen and oxygen atoms in total. The molecule has 3 N–H and O–H groups in total. The van der Waals surface area contributed by atoms with Crippen LogP contribution in [-0.2, 0) is 6.54 Å². The highest BCUT2D eigenvalue weighted by Crippen LogP contribution is 2.32. The van der Waals surface area contributed by atoms with Crippen LogP contribution in [0.25, 0.3) is 20.2 Å². The molecule has 0 radical (unpaired) electrons. The molecule has 0 aliphatic heterocycles. The first-order chi connectivity index (χ1) is 12.6. The molecular formula is C20H24BrN3OS. The van der Waals surface area contributed by atoms with Gasteiger partial charge in [0.15, 0.2) is 5.43 Å². The molecule has 0 fully saturated rings. The molecule has 0 aliphatic rings. The number of likely N-dealkylation sites (N-methyl/N-ethyl adjacent to an activating group) is 1. The van der Waals surface area contributed by atoms with E-state index < -0.39 is 0 Å². The van der Waals surface area contributed by atoms with Crippen LogP contribution in [0.2, 0.25) is 0 Å². The zero-order chi connectivity index (χ0) is 18.7. The molecule has 0 spiro atoms. The fraction of sp³-hybridized carbons (Fsp3) is 0.350. The van der Waals surface area contributed by atoms with Crippen LogP contribution < -0.4 is 16.5 Å². The van der Waals surface area contributed by atoms with Crippen LogP contribution in [0.3, 0.4) is 0 Å². The quantitative estimate of drug-likeness (QED) is 0.542. The Balaban J connectivity index is 2.10. The van der Waals surface area contributed by atoms with Gasteiger partial charge in [0.25, 0.3) is 0 Å². The summed E-state index contributed by atoms with van der Waals surface area (Å²) < 4.78 is 2.89. The molecule has 1 heterocycles. The Morgan fingerprint density at radius 1 is 1.19 bits per heavy atom. The third-order valence-corrected chi connectivity index (χ3v) is 6.46. The predicted molar refractivity (Wildman–Crippen MR) is 117 cm³/mol. The lowest BCUT2D eigenvalue weighted by atomic mass is 10.1. The van der Waals surface area contributed by atoms with Gasteiger partial charge in [-0.05, 0) is 42.9 Å². The molecule has 0 bridgehead atoms. The van der Waals surface area contributed by atoms with Gasteiger partial charge in [0.2, 0.25) is 0 Å². The molecule has 0 amide bonds. The molecule has 0 saturated heterocycles. The molecule has 0 saturated carbocycles. The summed E-state index contributed by atoms with van der Waals surface area (Å²) in [6.45, 7) is 8.56. The van der Waals surface area contributed by atoms with Gasteiger partial charge in [-0.3, -0.25) is 4.79 Å². The SMILES string of the molecule is CCN(CC)CCNc1ccc(CN)c2sc3ccc(Br)cc3c(=O)c12. The first-order valence-electron chi connectivity index (χ1n) is 8.93. The van der Waals surface area contributed by atoms with Gasteiger partial charge in [-0.25, -0.2) is 0 Å². The molecule has 0 aliphatic carbocycles. The molecule has 0 atom stereocenters. The first kappa shape index (κ1) is 19.3. The van der Waals surface area contributed by atoms with E-state index in [0.717, 1.165) is 62.1 Å². The Kier molecular flexibility index (Phi) is 6.29. The first-order valence-corrected chi connectivity index (χ1v) is 10.5. The number of hydrogen-bond donors (Lipinski definition) is 2. The zero-order valence-corrected chi connectivity index (χ0v) is 17.5. The number of halogens is 1. The van der Waals surface area contributed by atoms with Crippen molar-refractivity contribution in [3.63, 3.8) is 0 Å². The van der Waals surface area contributed by atoms with E-state index in [1.165, 1.54) is 0 Å². The Hall–Kier alpha value is -1.47. The Labute approximate surface area is 166 Å². The van der Waals surface area contributed by atoms with E-state index in [0.29, 0.717) is 6.54 Å². The lowest BCUT2D eigenvalue weighted by Crippen LogP contribution is -2.28. The molecular weight excluding hydrogens is 410 g/mol. The number of nitrogens with one attached hydrogen (secondary N) is 1. The van der Waals surface area contributed by atoms with Gasteiger partial charge in [-0.1, -0.05) is 35.8 Å². The molecule has 2 aromatic carbocycles. The van der Waals surface area contributed by atoms with Gasteiger partial charge in [-0.2, -0.15) is 0 Å². The van der Waals surface area contributed by atoms with Crippen LogP contribution >= 0.6 is 27.3 Å². The van der Waals surface area contributed by atoms with E-state index >= 15 is 0 Å². The van der Waals surface area contributed by atoms with E-state index in [9.17, 15) is 4.79 Å². The molecule has 3 rings (SSSR count). The average Bonchev–Trinajstić information content (AvgIpc) is 2.66. The highest BCUT2D eigenvalue weighted by atomic mass is 79.9. The third-order valence-electron chi connectivity index (χ3n) is 4.72. The van der Waals surface area contributed by atoms with E-state index in [1.807, 2.05) is 30.3 Å².